The van der Waals surface area contributed by atoms with E-state index in [0.717, 1.165) is 31.0 Å². The molecule has 2 rings (SSSR count). The molecule has 2 heterocycles. The van der Waals surface area contributed by atoms with Crippen LogP contribution >= 0.6 is 11.6 Å². The van der Waals surface area contributed by atoms with Crippen molar-refractivity contribution in [3.8, 4) is 0 Å². The molecule has 21 heavy (non-hydrogen) atoms. The molecule has 0 spiro atoms. The normalized spacial score (nSPS) is 23.4. The van der Waals surface area contributed by atoms with Crippen LogP contribution in [0.2, 0.25) is 5.02 Å². The van der Waals surface area contributed by atoms with Gasteiger partial charge in [-0.2, -0.15) is 0 Å². The van der Waals surface area contributed by atoms with E-state index in [2.05, 4.69) is 55.9 Å². The lowest BCUT2D eigenvalue weighted by Gasteiger charge is -2.36. The van der Waals surface area contributed by atoms with E-state index in [0.29, 0.717) is 5.02 Å². The number of rotatable bonds is 3. The topological polar surface area (TPSA) is 37.4 Å². The summed E-state index contributed by atoms with van der Waals surface area (Å²) in [7, 11) is 0. The van der Waals surface area contributed by atoms with E-state index in [1.54, 1.807) is 6.20 Å². The zero-order valence-electron chi connectivity index (χ0n) is 13.6. The van der Waals surface area contributed by atoms with Crippen molar-refractivity contribution < 1.29 is 4.74 Å². The summed E-state index contributed by atoms with van der Waals surface area (Å²) < 4.78 is 5.78. The number of halogens is 1. The molecule has 1 N–H and O–H groups in total. The van der Waals surface area contributed by atoms with Crippen molar-refractivity contribution in [1.82, 2.24) is 10.3 Å². The molecule has 1 aliphatic heterocycles. The van der Waals surface area contributed by atoms with Gasteiger partial charge in [-0.15, -0.1) is 0 Å². The van der Waals surface area contributed by atoms with Gasteiger partial charge in [0.1, 0.15) is 5.82 Å². The van der Waals surface area contributed by atoms with Crippen molar-refractivity contribution in [2.75, 3.05) is 18.0 Å². The molecule has 2 atom stereocenters. The van der Waals surface area contributed by atoms with E-state index in [4.69, 9.17) is 16.3 Å². The summed E-state index contributed by atoms with van der Waals surface area (Å²) >= 11 is 6.28. The highest BCUT2D eigenvalue weighted by Crippen LogP contribution is 2.23. The van der Waals surface area contributed by atoms with Crippen molar-refractivity contribution in [2.45, 2.75) is 58.9 Å². The first-order chi connectivity index (χ1) is 9.74. The Morgan fingerprint density at radius 3 is 2.52 bits per heavy atom. The van der Waals surface area contributed by atoms with Crippen LogP contribution in [0, 0.1) is 0 Å². The fraction of sp³-hybridized carbons (Fsp3) is 0.688. The zero-order chi connectivity index (χ0) is 15.6. The molecule has 0 amide bonds. The number of hydrogen-bond donors (Lipinski definition) is 1. The number of aromatic nitrogens is 1. The van der Waals surface area contributed by atoms with Gasteiger partial charge in [0.2, 0.25) is 0 Å². The van der Waals surface area contributed by atoms with Gasteiger partial charge in [-0.1, -0.05) is 11.6 Å². The maximum absolute atomic E-state index is 6.28. The quantitative estimate of drug-likeness (QED) is 0.930. The van der Waals surface area contributed by atoms with Crippen LogP contribution in [-0.4, -0.2) is 35.8 Å². The molecule has 0 saturated carbocycles. The molecule has 1 aromatic rings. The van der Waals surface area contributed by atoms with E-state index in [-0.39, 0.29) is 17.7 Å². The number of ether oxygens (including phenoxy) is 1. The van der Waals surface area contributed by atoms with E-state index in [9.17, 15) is 0 Å². The zero-order valence-corrected chi connectivity index (χ0v) is 14.4. The van der Waals surface area contributed by atoms with Crippen LogP contribution in [0.15, 0.2) is 12.3 Å². The van der Waals surface area contributed by atoms with Crippen LogP contribution < -0.4 is 10.2 Å². The molecule has 0 unspecified atom stereocenters. The Bertz CT molecular complexity index is 477. The smallest absolute Gasteiger partial charge is 0.129 e. The molecule has 1 fully saturated rings. The van der Waals surface area contributed by atoms with Gasteiger partial charge in [-0.25, -0.2) is 4.98 Å². The summed E-state index contributed by atoms with van der Waals surface area (Å²) in [6.45, 7) is 13.1. The second kappa shape index (κ2) is 6.51. The van der Waals surface area contributed by atoms with Crippen molar-refractivity contribution in [2.24, 2.45) is 0 Å². The highest BCUT2D eigenvalue weighted by molar-refractivity contribution is 6.31. The second-order valence-electron chi connectivity index (χ2n) is 6.90. The Hall–Kier alpha value is -0.840. The molecule has 0 bridgehead atoms. The third kappa shape index (κ3) is 4.83. The number of pyridine rings is 1. The van der Waals surface area contributed by atoms with Crippen molar-refractivity contribution in [1.29, 1.82) is 0 Å². The van der Waals surface area contributed by atoms with Gasteiger partial charge in [0.25, 0.3) is 0 Å². The minimum Gasteiger partial charge on any atom is -0.372 e. The molecule has 0 aliphatic carbocycles. The summed E-state index contributed by atoms with van der Waals surface area (Å²) in [5.41, 5.74) is 1.15. The summed E-state index contributed by atoms with van der Waals surface area (Å²) in [5, 5.41) is 4.18. The van der Waals surface area contributed by atoms with E-state index in [1.807, 2.05) is 0 Å². The van der Waals surface area contributed by atoms with Crippen LogP contribution in [-0.2, 0) is 11.3 Å². The summed E-state index contributed by atoms with van der Waals surface area (Å²) in [6.07, 6.45) is 2.20. The predicted octanol–water partition coefficient (Wildman–Crippen LogP) is 3.24. The minimum atomic E-state index is 0.0642. The average Bonchev–Trinajstić information content (AvgIpc) is 2.35. The number of anilines is 1. The van der Waals surface area contributed by atoms with E-state index >= 15 is 0 Å². The molecule has 1 aliphatic rings. The van der Waals surface area contributed by atoms with Gasteiger partial charge >= 0.3 is 0 Å². The molecule has 1 aromatic heterocycles. The Morgan fingerprint density at radius 1 is 1.33 bits per heavy atom. The molecular formula is C16H26ClN3O. The van der Waals surface area contributed by atoms with E-state index < -0.39 is 0 Å². The average molecular weight is 312 g/mol. The summed E-state index contributed by atoms with van der Waals surface area (Å²) in [6, 6.07) is 2.09. The van der Waals surface area contributed by atoms with Gasteiger partial charge in [0.15, 0.2) is 0 Å². The van der Waals surface area contributed by atoms with Crippen molar-refractivity contribution in [3.05, 3.63) is 22.8 Å². The Balaban J connectivity index is 2.14. The fourth-order valence-electron chi connectivity index (χ4n) is 2.50. The van der Waals surface area contributed by atoms with Gasteiger partial charge < -0.3 is 15.0 Å². The maximum atomic E-state index is 6.28. The third-order valence-electron chi connectivity index (χ3n) is 3.47. The molecule has 4 nitrogen and oxygen atoms in total. The lowest BCUT2D eigenvalue weighted by Crippen LogP contribution is -2.45. The minimum absolute atomic E-state index is 0.0642. The third-order valence-corrected chi connectivity index (χ3v) is 3.81. The van der Waals surface area contributed by atoms with Crippen LogP contribution in [0.5, 0.6) is 0 Å². The monoisotopic (exact) mass is 311 g/mol. The maximum Gasteiger partial charge on any atom is 0.129 e. The van der Waals surface area contributed by atoms with Gasteiger partial charge in [-0.3, -0.25) is 0 Å². The lowest BCUT2D eigenvalue weighted by molar-refractivity contribution is -0.00546. The fourth-order valence-corrected chi connectivity index (χ4v) is 2.67. The molecule has 5 heteroatoms. The molecular weight excluding hydrogens is 286 g/mol. The number of nitrogens with one attached hydrogen (secondary N) is 1. The Kier molecular flexibility index (Phi) is 5.12. The SMILES string of the molecule is C[C@@H]1CN(c2cc(CNC(C)(C)C)c(Cl)cn2)C[C@H](C)O1. The molecule has 1 saturated heterocycles. The molecule has 0 radical (unpaired) electrons. The van der Waals surface area contributed by atoms with Gasteiger partial charge in [0.05, 0.1) is 17.2 Å². The van der Waals surface area contributed by atoms with Crippen LogP contribution in [0.4, 0.5) is 5.82 Å². The number of nitrogens with zero attached hydrogens (tertiary/aromatic N) is 2. The highest BCUT2D eigenvalue weighted by atomic mass is 35.5. The highest BCUT2D eigenvalue weighted by Gasteiger charge is 2.23. The number of morpholine rings is 1. The molecule has 0 aromatic carbocycles. The second-order valence-corrected chi connectivity index (χ2v) is 7.31. The first-order valence-electron chi connectivity index (χ1n) is 7.54. The largest absolute Gasteiger partial charge is 0.372 e. The van der Waals surface area contributed by atoms with Gasteiger partial charge in [0, 0.05) is 31.4 Å². The van der Waals surface area contributed by atoms with Crippen molar-refractivity contribution >= 4 is 17.4 Å². The first-order valence-corrected chi connectivity index (χ1v) is 7.92. The standard InChI is InChI=1S/C16H26ClN3O/c1-11-9-20(10-12(2)21-11)15-6-13(14(17)8-18-15)7-19-16(3,4)5/h6,8,11-12,19H,7,9-10H2,1-5H3/t11-,12+. The van der Waals surface area contributed by atoms with Crippen molar-refractivity contribution in [3.63, 3.8) is 0 Å². The van der Waals surface area contributed by atoms with E-state index in [1.165, 1.54) is 0 Å². The van der Waals surface area contributed by atoms with Crippen LogP contribution in [0.3, 0.4) is 0 Å². The summed E-state index contributed by atoms with van der Waals surface area (Å²) in [4.78, 5) is 6.76. The Morgan fingerprint density at radius 2 is 1.95 bits per heavy atom. The Labute approximate surface area is 132 Å². The predicted molar refractivity (Wildman–Crippen MR) is 88.1 cm³/mol. The van der Waals surface area contributed by atoms with Crippen LogP contribution in [0.25, 0.3) is 0 Å². The van der Waals surface area contributed by atoms with Gasteiger partial charge in [-0.05, 0) is 46.2 Å². The molecule has 118 valence electrons. The number of hydrogen-bond acceptors (Lipinski definition) is 4. The van der Waals surface area contributed by atoms with Crippen LogP contribution in [0.1, 0.15) is 40.2 Å². The summed E-state index contributed by atoms with van der Waals surface area (Å²) in [5.74, 6) is 0.979. The first kappa shape index (κ1) is 16.5. The lowest BCUT2D eigenvalue weighted by atomic mass is 10.1.